The van der Waals surface area contributed by atoms with Crippen molar-refractivity contribution in [2.75, 3.05) is 27.4 Å². The molecule has 0 aromatic rings. The van der Waals surface area contributed by atoms with Crippen molar-refractivity contribution in [1.82, 2.24) is 5.32 Å². The molecule has 0 spiro atoms. The van der Waals surface area contributed by atoms with E-state index in [1.54, 1.807) is 7.11 Å². The molecular formula is C7H15NO3. The molecule has 0 heterocycles. The van der Waals surface area contributed by atoms with E-state index in [-0.39, 0.29) is 5.92 Å². The maximum absolute atomic E-state index is 10.5. The van der Waals surface area contributed by atoms with Gasteiger partial charge in [-0.25, -0.2) is 4.79 Å². The van der Waals surface area contributed by atoms with Crippen LogP contribution < -0.4 is 5.32 Å². The van der Waals surface area contributed by atoms with Crippen molar-refractivity contribution in [3.63, 3.8) is 0 Å². The zero-order valence-corrected chi connectivity index (χ0v) is 7.22. The molecule has 0 aromatic carbocycles. The van der Waals surface area contributed by atoms with Crippen LogP contribution in [0.5, 0.6) is 0 Å². The Labute approximate surface area is 66.9 Å². The third-order valence-corrected chi connectivity index (χ3v) is 1.15. The Bertz CT molecular complexity index is 116. The number of nitrogens with one attached hydrogen (secondary N) is 1. The minimum absolute atomic E-state index is 0.247. The van der Waals surface area contributed by atoms with E-state index in [4.69, 9.17) is 9.47 Å². The van der Waals surface area contributed by atoms with Gasteiger partial charge in [0.05, 0.1) is 13.2 Å². The average Bonchev–Trinajstić information content (AvgIpc) is 2.01. The number of alkyl carbamates (subject to hydrolysis) is 1. The first kappa shape index (κ1) is 10.2. The number of rotatable bonds is 4. The van der Waals surface area contributed by atoms with E-state index in [0.717, 1.165) is 0 Å². The van der Waals surface area contributed by atoms with E-state index >= 15 is 0 Å². The third kappa shape index (κ3) is 5.66. The van der Waals surface area contributed by atoms with Gasteiger partial charge in [0.15, 0.2) is 0 Å². The van der Waals surface area contributed by atoms with E-state index in [9.17, 15) is 4.79 Å². The summed E-state index contributed by atoms with van der Waals surface area (Å²) in [5.41, 5.74) is 0. The van der Waals surface area contributed by atoms with E-state index in [1.807, 2.05) is 6.92 Å². The van der Waals surface area contributed by atoms with Crippen LogP contribution in [0.4, 0.5) is 4.79 Å². The van der Waals surface area contributed by atoms with Crippen LogP contribution in [0.3, 0.4) is 0 Å². The topological polar surface area (TPSA) is 47.6 Å². The molecular weight excluding hydrogens is 146 g/mol. The number of carbonyl (C=O) groups is 1. The minimum Gasteiger partial charge on any atom is -0.449 e. The monoisotopic (exact) mass is 161 g/mol. The highest BCUT2D eigenvalue weighted by atomic mass is 16.5. The summed E-state index contributed by atoms with van der Waals surface area (Å²) in [6, 6.07) is 0. The average molecular weight is 161 g/mol. The predicted octanol–water partition coefficient (Wildman–Crippen LogP) is 0.625. The first-order valence-electron chi connectivity index (χ1n) is 3.54. The molecule has 1 unspecified atom stereocenters. The van der Waals surface area contributed by atoms with Crippen LogP contribution in [0.15, 0.2) is 0 Å². The van der Waals surface area contributed by atoms with Gasteiger partial charge in [0.25, 0.3) is 0 Å². The summed E-state index contributed by atoms with van der Waals surface area (Å²) in [6.07, 6.45) is -0.395. The molecule has 1 atom stereocenters. The van der Waals surface area contributed by atoms with Crippen LogP contribution in [0.1, 0.15) is 6.92 Å². The second-order valence-corrected chi connectivity index (χ2v) is 2.41. The van der Waals surface area contributed by atoms with E-state index in [0.29, 0.717) is 13.2 Å². The Balaban J connectivity index is 3.29. The number of carbonyl (C=O) groups excluding carboxylic acids is 1. The molecule has 11 heavy (non-hydrogen) atoms. The molecule has 1 N–H and O–H groups in total. The lowest BCUT2D eigenvalue weighted by molar-refractivity contribution is 0.0929. The number of hydrogen-bond acceptors (Lipinski definition) is 3. The Morgan fingerprint density at radius 3 is 2.64 bits per heavy atom. The van der Waals surface area contributed by atoms with Crippen LogP contribution in [0.2, 0.25) is 0 Å². The molecule has 4 nitrogen and oxygen atoms in total. The maximum atomic E-state index is 10.5. The second-order valence-electron chi connectivity index (χ2n) is 2.41. The molecule has 0 rings (SSSR count). The number of ether oxygens (including phenoxy) is 2. The minimum atomic E-state index is -0.395. The lowest BCUT2D eigenvalue weighted by atomic mass is 10.2. The van der Waals surface area contributed by atoms with Gasteiger partial charge in [0, 0.05) is 20.1 Å². The summed E-state index contributed by atoms with van der Waals surface area (Å²) >= 11 is 0. The fraction of sp³-hybridized carbons (Fsp3) is 0.857. The van der Waals surface area contributed by atoms with Crippen LogP contribution in [0, 0.1) is 5.92 Å². The molecule has 66 valence electrons. The quantitative estimate of drug-likeness (QED) is 0.657. The van der Waals surface area contributed by atoms with Crippen LogP contribution in [0.25, 0.3) is 0 Å². The number of hydrogen-bond donors (Lipinski definition) is 1. The molecule has 0 fully saturated rings. The van der Waals surface area contributed by atoms with Crippen molar-refractivity contribution in [3.8, 4) is 0 Å². The first-order valence-corrected chi connectivity index (χ1v) is 3.54. The van der Waals surface area contributed by atoms with Gasteiger partial charge in [-0.05, 0) is 0 Å². The van der Waals surface area contributed by atoms with E-state index in [1.165, 1.54) is 7.05 Å². The summed E-state index contributed by atoms with van der Waals surface area (Å²) in [4.78, 5) is 10.5. The predicted molar refractivity (Wildman–Crippen MR) is 41.4 cm³/mol. The summed E-state index contributed by atoms with van der Waals surface area (Å²) in [7, 11) is 3.15. The fourth-order valence-electron chi connectivity index (χ4n) is 0.623. The Morgan fingerprint density at radius 1 is 1.55 bits per heavy atom. The third-order valence-electron chi connectivity index (χ3n) is 1.15. The molecule has 1 amide bonds. The van der Waals surface area contributed by atoms with E-state index in [2.05, 4.69) is 5.32 Å². The van der Waals surface area contributed by atoms with Crippen molar-refractivity contribution in [2.45, 2.75) is 6.92 Å². The van der Waals surface area contributed by atoms with Crippen molar-refractivity contribution < 1.29 is 14.3 Å². The largest absolute Gasteiger partial charge is 0.449 e. The molecule has 0 saturated carbocycles. The Hall–Kier alpha value is -0.770. The molecule has 0 radical (unpaired) electrons. The van der Waals surface area contributed by atoms with Gasteiger partial charge >= 0.3 is 6.09 Å². The van der Waals surface area contributed by atoms with Gasteiger partial charge < -0.3 is 14.8 Å². The normalized spacial score (nSPS) is 12.3. The molecule has 4 heteroatoms. The van der Waals surface area contributed by atoms with Crippen molar-refractivity contribution in [1.29, 1.82) is 0 Å². The van der Waals surface area contributed by atoms with Gasteiger partial charge in [0.1, 0.15) is 0 Å². The Morgan fingerprint density at radius 2 is 2.18 bits per heavy atom. The zero-order chi connectivity index (χ0) is 8.69. The fourth-order valence-corrected chi connectivity index (χ4v) is 0.623. The summed E-state index contributed by atoms with van der Waals surface area (Å²) in [6.45, 7) is 2.96. The van der Waals surface area contributed by atoms with Crippen molar-refractivity contribution in [2.24, 2.45) is 5.92 Å². The highest BCUT2D eigenvalue weighted by Crippen LogP contribution is 1.95. The number of methoxy groups -OCH3 is 1. The highest BCUT2D eigenvalue weighted by molar-refractivity contribution is 5.66. The molecule has 0 aliphatic rings. The van der Waals surface area contributed by atoms with Gasteiger partial charge in [-0.1, -0.05) is 6.92 Å². The van der Waals surface area contributed by atoms with Crippen LogP contribution in [-0.4, -0.2) is 33.5 Å². The zero-order valence-electron chi connectivity index (χ0n) is 7.22. The van der Waals surface area contributed by atoms with Crippen molar-refractivity contribution >= 4 is 6.09 Å². The summed E-state index contributed by atoms with van der Waals surface area (Å²) in [5.74, 6) is 0.247. The lowest BCUT2D eigenvalue weighted by Gasteiger charge is -2.09. The van der Waals surface area contributed by atoms with Gasteiger partial charge in [-0.2, -0.15) is 0 Å². The van der Waals surface area contributed by atoms with Crippen molar-refractivity contribution in [3.05, 3.63) is 0 Å². The molecule has 0 aliphatic heterocycles. The van der Waals surface area contributed by atoms with Gasteiger partial charge in [-0.3, -0.25) is 0 Å². The SMILES string of the molecule is CNC(=O)OCC(C)COC. The summed E-state index contributed by atoms with van der Waals surface area (Å²) < 4.78 is 9.63. The lowest BCUT2D eigenvalue weighted by Crippen LogP contribution is -2.23. The van der Waals surface area contributed by atoms with Gasteiger partial charge in [0.2, 0.25) is 0 Å². The molecule has 0 bridgehead atoms. The van der Waals surface area contributed by atoms with Gasteiger partial charge in [-0.15, -0.1) is 0 Å². The van der Waals surface area contributed by atoms with Crippen LogP contribution in [-0.2, 0) is 9.47 Å². The molecule has 0 aromatic heterocycles. The highest BCUT2D eigenvalue weighted by Gasteiger charge is 2.04. The van der Waals surface area contributed by atoms with Crippen LogP contribution >= 0.6 is 0 Å². The second kappa shape index (κ2) is 5.97. The molecule has 0 saturated heterocycles. The summed E-state index contributed by atoms with van der Waals surface area (Å²) in [5, 5.41) is 2.36. The maximum Gasteiger partial charge on any atom is 0.406 e. The standard InChI is InChI=1S/C7H15NO3/c1-6(4-10-3)5-11-7(9)8-2/h6H,4-5H2,1-3H3,(H,8,9). The number of amides is 1. The first-order chi connectivity index (χ1) is 5.20. The Kier molecular flexibility index (Phi) is 5.56. The molecule has 0 aliphatic carbocycles. The smallest absolute Gasteiger partial charge is 0.406 e. The van der Waals surface area contributed by atoms with E-state index < -0.39 is 6.09 Å².